The van der Waals surface area contributed by atoms with Gasteiger partial charge in [0.2, 0.25) is 11.8 Å². The molecule has 5 nitrogen and oxygen atoms in total. The summed E-state index contributed by atoms with van der Waals surface area (Å²) in [7, 11) is 0. The minimum absolute atomic E-state index is 0.0687. The molecule has 0 spiro atoms. The fourth-order valence-electron chi connectivity index (χ4n) is 7.13. The van der Waals surface area contributed by atoms with E-state index in [1.807, 2.05) is 0 Å². The average Bonchev–Trinajstić information content (AvgIpc) is 3.40. The third kappa shape index (κ3) is 1.56. The van der Waals surface area contributed by atoms with Gasteiger partial charge < -0.3 is 5.11 Å². The van der Waals surface area contributed by atoms with Crippen LogP contribution in [-0.4, -0.2) is 22.9 Å². The van der Waals surface area contributed by atoms with Crippen molar-refractivity contribution < 1.29 is 19.5 Å². The molecule has 8 atom stereocenters. The van der Waals surface area contributed by atoms with Crippen molar-refractivity contribution in [3.63, 3.8) is 0 Å². The molecule has 132 valence electrons. The number of hydrogen-bond acceptors (Lipinski definition) is 3. The Morgan fingerprint density at radius 1 is 0.885 bits per heavy atom. The van der Waals surface area contributed by atoms with Crippen LogP contribution in [0.25, 0.3) is 0 Å². The van der Waals surface area contributed by atoms with Crippen LogP contribution in [0.3, 0.4) is 0 Å². The summed E-state index contributed by atoms with van der Waals surface area (Å²) in [6.45, 7) is 0. The van der Waals surface area contributed by atoms with Crippen molar-refractivity contribution >= 4 is 23.5 Å². The molecule has 1 saturated heterocycles. The molecule has 0 unspecified atom stereocenters. The molecule has 2 amide bonds. The van der Waals surface area contributed by atoms with Crippen molar-refractivity contribution in [2.45, 2.75) is 12.8 Å². The van der Waals surface area contributed by atoms with Crippen LogP contribution >= 0.6 is 0 Å². The second-order valence-corrected chi connectivity index (χ2v) is 8.58. The number of nitrogens with zero attached hydrogens (tertiary/aromatic N) is 1. The van der Waals surface area contributed by atoms with Crippen LogP contribution in [0.15, 0.2) is 36.4 Å². The third-order valence-corrected chi connectivity index (χ3v) is 7.81. The average molecular weight is 349 g/mol. The van der Waals surface area contributed by atoms with E-state index in [0.29, 0.717) is 41.2 Å². The van der Waals surface area contributed by atoms with Crippen LogP contribution in [0.1, 0.15) is 23.2 Å². The molecule has 0 radical (unpaired) electrons. The maximum absolute atomic E-state index is 13.2. The second-order valence-electron chi connectivity index (χ2n) is 8.58. The van der Waals surface area contributed by atoms with Crippen molar-refractivity contribution in [3.05, 3.63) is 42.0 Å². The largest absolute Gasteiger partial charge is 0.478 e. The lowest BCUT2D eigenvalue weighted by Gasteiger charge is -2.36. The Labute approximate surface area is 150 Å². The first-order chi connectivity index (χ1) is 12.6. The number of aromatic carboxylic acids is 1. The number of amides is 2. The Kier molecular flexibility index (Phi) is 2.63. The predicted molar refractivity (Wildman–Crippen MR) is 92.2 cm³/mol. The van der Waals surface area contributed by atoms with Crippen LogP contribution in [0, 0.1) is 47.3 Å². The molecule has 4 aliphatic carbocycles. The van der Waals surface area contributed by atoms with Gasteiger partial charge in [0.1, 0.15) is 0 Å². The number of carboxylic acids is 1. The van der Waals surface area contributed by atoms with Gasteiger partial charge in [-0.05, 0) is 72.6 Å². The predicted octanol–water partition coefficient (Wildman–Crippen LogP) is 2.58. The lowest BCUT2D eigenvalue weighted by Crippen LogP contribution is -2.38. The normalized spacial score (nSPS) is 44.1. The Balaban J connectivity index is 1.36. The molecule has 5 heteroatoms. The topological polar surface area (TPSA) is 74.7 Å². The number of imide groups is 1. The van der Waals surface area contributed by atoms with E-state index in [1.165, 1.54) is 23.5 Å². The molecular formula is C21H19NO4. The smallest absolute Gasteiger partial charge is 0.335 e. The van der Waals surface area contributed by atoms with Gasteiger partial charge in [0.25, 0.3) is 0 Å². The molecule has 4 bridgehead atoms. The highest BCUT2D eigenvalue weighted by Crippen LogP contribution is 2.70. The van der Waals surface area contributed by atoms with Crippen LogP contribution in [-0.2, 0) is 9.59 Å². The van der Waals surface area contributed by atoms with E-state index in [4.69, 9.17) is 5.11 Å². The van der Waals surface area contributed by atoms with Gasteiger partial charge in [0.15, 0.2) is 0 Å². The number of carbonyl (C=O) groups excluding carboxylic acids is 2. The number of allylic oxidation sites excluding steroid dienone is 2. The lowest BCUT2D eigenvalue weighted by atomic mass is 9.65. The zero-order chi connectivity index (χ0) is 17.7. The van der Waals surface area contributed by atoms with E-state index in [-0.39, 0.29) is 29.2 Å². The Morgan fingerprint density at radius 3 is 1.92 bits per heavy atom. The van der Waals surface area contributed by atoms with E-state index in [9.17, 15) is 14.4 Å². The third-order valence-electron chi connectivity index (χ3n) is 7.81. The molecule has 3 saturated carbocycles. The van der Waals surface area contributed by atoms with E-state index in [2.05, 4.69) is 12.2 Å². The summed E-state index contributed by atoms with van der Waals surface area (Å²) in [5.41, 5.74) is 0.662. The van der Waals surface area contributed by atoms with E-state index >= 15 is 0 Å². The summed E-state index contributed by atoms with van der Waals surface area (Å²) >= 11 is 0. The van der Waals surface area contributed by atoms with Crippen LogP contribution < -0.4 is 4.90 Å². The molecule has 26 heavy (non-hydrogen) atoms. The Bertz CT molecular complexity index is 846. The van der Waals surface area contributed by atoms with Crippen molar-refractivity contribution in [1.82, 2.24) is 0 Å². The minimum Gasteiger partial charge on any atom is -0.478 e. The van der Waals surface area contributed by atoms with Crippen molar-refractivity contribution in [3.8, 4) is 0 Å². The Morgan fingerprint density at radius 2 is 1.42 bits per heavy atom. The monoisotopic (exact) mass is 349 g/mol. The molecule has 1 aromatic carbocycles. The first-order valence-electron chi connectivity index (χ1n) is 9.46. The summed E-state index contributed by atoms with van der Waals surface area (Å²) < 4.78 is 0. The molecule has 4 fully saturated rings. The van der Waals surface area contributed by atoms with E-state index in [1.54, 1.807) is 12.1 Å². The summed E-state index contributed by atoms with van der Waals surface area (Å²) in [5.74, 6) is 1.58. The van der Waals surface area contributed by atoms with Gasteiger partial charge in [0, 0.05) is 0 Å². The summed E-state index contributed by atoms with van der Waals surface area (Å²) in [4.78, 5) is 38.7. The molecule has 0 aromatic heterocycles. The Hall–Kier alpha value is -2.43. The molecule has 6 rings (SSSR count). The fourth-order valence-corrected chi connectivity index (χ4v) is 7.13. The number of carboxylic acid groups (broad SMARTS) is 1. The maximum Gasteiger partial charge on any atom is 0.335 e. The highest BCUT2D eigenvalue weighted by atomic mass is 16.4. The van der Waals surface area contributed by atoms with Crippen LogP contribution in [0.4, 0.5) is 5.69 Å². The lowest BCUT2D eigenvalue weighted by molar-refractivity contribution is -0.123. The highest BCUT2D eigenvalue weighted by molar-refractivity contribution is 6.22. The van der Waals surface area contributed by atoms with Crippen LogP contribution in [0.5, 0.6) is 0 Å². The van der Waals surface area contributed by atoms with Crippen LogP contribution in [0.2, 0.25) is 0 Å². The van der Waals surface area contributed by atoms with Crippen molar-refractivity contribution in [2.75, 3.05) is 4.90 Å². The van der Waals surface area contributed by atoms with Gasteiger partial charge in [-0.25, -0.2) is 4.79 Å². The maximum atomic E-state index is 13.2. The van der Waals surface area contributed by atoms with E-state index in [0.717, 1.165) is 6.42 Å². The molecule has 5 aliphatic rings. The molecule has 1 aromatic rings. The van der Waals surface area contributed by atoms with E-state index < -0.39 is 5.97 Å². The van der Waals surface area contributed by atoms with Gasteiger partial charge in [0.05, 0.1) is 23.1 Å². The minimum atomic E-state index is -1.01. The van der Waals surface area contributed by atoms with Gasteiger partial charge in [-0.1, -0.05) is 12.2 Å². The quantitative estimate of drug-likeness (QED) is 0.506. The standard InChI is InChI=1S/C21H19NO4/c23-19-17-13-8-14(16-11-2-1-10(7-11)15(13)16)18(17)20(24)22(19)12-5-3-9(4-6-12)21(25)26/h1-6,10-11,13-18H,7-8H2,(H,25,26)/t10-,11-,13-,14+,15-,16+,17+,18-/m0/s1. The van der Waals surface area contributed by atoms with Crippen molar-refractivity contribution in [1.29, 1.82) is 0 Å². The molecule has 1 N–H and O–H groups in total. The first kappa shape index (κ1) is 14.7. The molecular weight excluding hydrogens is 330 g/mol. The molecule has 1 heterocycles. The number of hydrogen-bond donors (Lipinski definition) is 1. The second kappa shape index (κ2) is 4.64. The fraction of sp³-hybridized carbons (Fsp3) is 0.476. The summed E-state index contributed by atoms with van der Waals surface area (Å²) in [6.07, 6.45) is 6.92. The number of benzene rings is 1. The highest BCUT2D eigenvalue weighted by Gasteiger charge is 2.71. The van der Waals surface area contributed by atoms with Gasteiger partial charge in [-0.2, -0.15) is 0 Å². The SMILES string of the molecule is O=C(O)c1ccc(N2C(=O)[C@@H]3[C@H]4C[C@@H]([C@@H]3C2=O)[C@@H]2[C@H]4[C@H]3C=C[C@H]2C3)cc1. The first-order valence-corrected chi connectivity index (χ1v) is 9.46. The molecule has 1 aliphatic heterocycles. The van der Waals surface area contributed by atoms with Gasteiger partial charge in [-0.15, -0.1) is 0 Å². The van der Waals surface area contributed by atoms with Gasteiger partial charge in [-0.3, -0.25) is 14.5 Å². The van der Waals surface area contributed by atoms with Crippen molar-refractivity contribution in [2.24, 2.45) is 47.3 Å². The number of rotatable bonds is 2. The number of carbonyl (C=O) groups is 3. The van der Waals surface area contributed by atoms with Gasteiger partial charge >= 0.3 is 5.97 Å². The summed E-state index contributed by atoms with van der Waals surface area (Å²) in [6, 6.07) is 6.07. The zero-order valence-corrected chi connectivity index (χ0v) is 14.1. The summed E-state index contributed by atoms with van der Waals surface area (Å²) in [5, 5.41) is 9.05. The number of anilines is 1. The number of fused-ring (bicyclic) bond motifs is 12. The zero-order valence-electron chi connectivity index (χ0n) is 14.1.